The van der Waals surface area contributed by atoms with Crippen molar-refractivity contribution < 1.29 is 9.53 Å². The lowest BCUT2D eigenvalue weighted by Crippen LogP contribution is -2.05. The fourth-order valence-electron chi connectivity index (χ4n) is 1.38. The molecule has 0 heterocycles. The summed E-state index contributed by atoms with van der Waals surface area (Å²) in [7, 11) is 0. The van der Waals surface area contributed by atoms with Crippen molar-refractivity contribution in [2.24, 2.45) is 5.41 Å². The average molecular weight is 224 g/mol. The lowest BCUT2D eigenvalue weighted by Gasteiger charge is -2.18. The molecule has 0 amide bonds. The highest BCUT2D eigenvalue weighted by Gasteiger charge is 2.10. The van der Waals surface area contributed by atoms with Gasteiger partial charge in [-0.1, -0.05) is 52.0 Å². The molecule has 0 aliphatic carbocycles. The van der Waals surface area contributed by atoms with E-state index in [1.54, 1.807) is 6.92 Å². The Bertz CT molecular complexity index is 256. The first kappa shape index (κ1) is 14.9. The van der Waals surface area contributed by atoms with Crippen LogP contribution >= 0.6 is 0 Å². The standard InChI is InChI=1S/C14H24O2/c1-6-13(15)16-10-8-7-9-12(2)11-14(3,4)5/h7-8H,2,6,9-11H2,1,3-5H3. The van der Waals surface area contributed by atoms with Gasteiger partial charge >= 0.3 is 5.97 Å². The molecule has 0 aromatic heterocycles. The molecule has 0 unspecified atom stereocenters. The van der Waals surface area contributed by atoms with E-state index in [0.29, 0.717) is 18.4 Å². The van der Waals surface area contributed by atoms with Crippen LogP contribution in [0.2, 0.25) is 0 Å². The summed E-state index contributed by atoms with van der Waals surface area (Å²) in [6.07, 6.45) is 6.20. The average Bonchev–Trinajstić information content (AvgIpc) is 2.14. The summed E-state index contributed by atoms with van der Waals surface area (Å²) in [6.45, 7) is 12.8. The summed E-state index contributed by atoms with van der Waals surface area (Å²) in [5, 5.41) is 0. The van der Waals surface area contributed by atoms with Gasteiger partial charge in [-0.3, -0.25) is 4.79 Å². The van der Waals surface area contributed by atoms with Gasteiger partial charge in [-0.25, -0.2) is 0 Å². The third-order valence-electron chi connectivity index (χ3n) is 1.98. The van der Waals surface area contributed by atoms with Crippen LogP contribution in [0.1, 0.15) is 47.0 Å². The predicted molar refractivity (Wildman–Crippen MR) is 68.2 cm³/mol. The van der Waals surface area contributed by atoms with Crippen molar-refractivity contribution >= 4 is 5.97 Å². The summed E-state index contributed by atoms with van der Waals surface area (Å²) >= 11 is 0. The maximum Gasteiger partial charge on any atom is 0.305 e. The smallest absolute Gasteiger partial charge is 0.305 e. The fourth-order valence-corrected chi connectivity index (χ4v) is 1.38. The highest BCUT2D eigenvalue weighted by molar-refractivity contribution is 5.68. The summed E-state index contributed by atoms with van der Waals surface area (Å²) in [5.74, 6) is -0.154. The topological polar surface area (TPSA) is 26.3 Å². The summed E-state index contributed by atoms with van der Waals surface area (Å²) < 4.78 is 4.92. The quantitative estimate of drug-likeness (QED) is 0.505. The number of allylic oxidation sites excluding steroid dienone is 2. The molecule has 0 atom stereocenters. The molecule has 0 aromatic rings. The Labute approximate surface area is 99.4 Å². The molecule has 0 saturated heterocycles. The molecule has 0 N–H and O–H groups in total. The van der Waals surface area contributed by atoms with Crippen LogP contribution in [0.4, 0.5) is 0 Å². The number of esters is 1. The van der Waals surface area contributed by atoms with Gasteiger partial charge in [-0.05, 0) is 18.3 Å². The third kappa shape index (κ3) is 9.50. The zero-order valence-corrected chi connectivity index (χ0v) is 11.0. The largest absolute Gasteiger partial charge is 0.461 e. The zero-order valence-electron chi connectivity index (χ0n) is 11.0. The Hall–Kier alpha value is -1.05. The van der Waals surface area contributed by atoms with Crippen molar-refractivity contribution in [1.29, 1.82) is 0 Å². The molecule has 0 saturated carbocycles. The van der Waals surface area contributed by atoms with E-state index in [0.717, 1.165) is 12.8 Å². The Morgan fingerprint density at radius 1 is 1.31 bits per heavy atom. The minimum Gasteiger partial charge on any atom is -0.461 e. The van der Waals surface area contributed by atoms with E-state index in [1.807, 2.05) is 12.2 Å². The Morgan fingerprint density at radius 2 is 1.94 bits per heavy atom. The zero-order chi connectivity index (χ0) is 12.6. The highest BCUT2D eigenvalue weighted by atomic mass is 16.5. The van der Waals surface area contributed by atoms with Crippen molar-refractivity contribution in [3.63, 3.8) is 0 Å². The molecule has 0 aromatic carbocycles. The highest BCUT2D eigenvalue weighted by Crippen LogP contribution is 2.24. The second-order valence-electron chi connectivity index (χ2n) is 5.20. The van der Waals surface area contributed by atoms with Crippen LogP contribution in [0.15, 0.2) is 24.3 Å². The van der Waals surface area contributed by atoms with Gasteiger partial charge in [0.25, 0.3) is 0 Å². The van der Waals surface area contributed by atoms with E-state index in [1.165, 1.54) is 5.57 Å². The number of hydrogen-bond acceptors (Lipinski definition) is 2. The Kier molecular flexibility index (Phi) is 6.78. The van der Waals surface area contributed by atoms with E-state index in [2.05, 4.69) is 27.4 Å². The second-order valence-corrected chi connectivity index (χ2v) is 5.20. The Balaban J connectivity index is 3.68. The van der Waals surface area contributed by atoms with Crippen LogP contribution in [-0.2, 0) is 9.53 Å². The van der Waals surface area contributed by atoms with Gasteiger partial charge in [0, 0.05) is 6.42 Å². The second kappa shape index (κ2) is 7.26. The van der Waals surface area contributed by atoms with Crippen molar-refractivity contribution in [3.8, 4) is 0 Å². The van der Waals surface area contributed by atoms with Gasteiger partial charge in [0.1, 0.15) is 6.61 Å². The molecule has 0 fully saturated rings. The first-order valence-corrected chi connectivity index (χ1v) is 5.82. The molecule has 2 nitrogen and oxygen atoms in total. The van der Waals surface area contributed by atoms with Gasteiger partial charge in [0.15, 0.2) is 0 Å². The first-order chi connectivity index (χ1) is 7.35. The van der Waals surface area contributed by atoms with Gasteiger partial charge in [-0.2, -0.15) is 0 Å². The summed E-state index contributed by atoms with van der Waals surface area (Å²) in [4.78, 5) is 10.8. The van der Waals surface area contributed by atoms with Gasteiger partial charge < -0.3 is 4.74 Å². The molecule has 16 heavy (non-hydrogen) atoms. The summed E-state index contributed by atoms with van der Waals surface area (Å²) in [5.41, 5.74) is 1.50. The molecular formula is C14H24O2. The van der Waals surface area contributed by atoms with Crippen molar-refractivity contribution in [3.05, 3.63) is 24.3 Å². The van der Waals surface area contributed by atoms with Crippen LogP contribution in [0, 0.1) is 5.41 Å². The van der Waals surface area contributed by atoms with Crippen LogP contribution in [0.3, 0.4) is 0 Å². The van der Waals surface area contributed by atoms with Gasteiger partial charge in [0.05, 0.1) is 0 Å². The van der Waals surface area contributed by atoms with Crippen LogP contribution in [0.5, 0.6) is 0 Å². The molecule has 92 valence electrons. The molecule has 2 heteroatoms. The van der Waals surface area contributed by atoms with E-state index < -0.39 is 0 Å². The minimum atomic E-state index is -0.154. The fraction of sp³-hybridized carbons (Fsp3) is 0.643. The van der Waals surface area contributed by atoms with E-state index in [-0.39, 0.29) is 5.97 Å². The monoisotopic (exact) mass is 224 g/mol. The van der Waals surface area contributed by atoms with E-state index >= 15 is 0 Å². The van der Waals surface area contributed by atoms with Crippen molar-refractivity contribution in [1.82, 2.24) is 0 Å². The third-order valence-corrected chi connectivity index (χ3v) is 1.98. The lowest BCUT2D eigenvalue weighted by atomic mass is 9.87. The van der Waals surface area contributed by atoms with E-state index in [9.17, 15) is 4.79 Å². The molecule has 0 aliphatic rings. The van der Waals surface area contributed by atoms with Crippen molar-refractivity contribution in [2.75, 3.05) is 6.61 Å². The van der Waals surface area contributed by atoms with Gasteiger partial charge in [0.2, 0.25) is 0 Å². The molecule has 0 radical (unpaired) electrons. The molecular weight excluding hydrogens is 200 g/mol. The number of hydrogen-bond donors (Lipinski definition) is 0. The first-order valence-electron chi connectivity index (χ1n) is 5.82. The number of rotatable bonds is 6. The van der Waals surface area contributed by atoms with E-state index in [4.69, 9.17) is 4.74 Å². The Morgan fingerprint density at radius 3 is 2.44 bits per heavy atom. The number of carbonyl (C=O) groups excluding carboxylic acids is 1. The molecule has 0 spiro atoms. The summed E-state index contributed by atoms with van der Waals surface area (Å²) in [6, 6.07) is 0. The SMILES string of the molecule is C=C(CC=CCOC(=O)CC)CC(C)(C)C. The van der Waals surface area contributed by atoms with Gasteiger partial charge in [-0.15, -0.1) is 0 Å². The van der Waals surface area contributed by atoms with Crippen LogP contribution < -0.4 is 0 Å². The molecule has 0 bridgehead atoms. The minimum absolute atomic E-state index is 0.154. The van der Waals surface area contributed by atoms with Crippen molar-refractivity contribution in [2.45, 2.75) is 47.0 Å². The number of carbonyl (C=O) groups is 1. The number of ether oxygens (including phenoxy) is 1. The predicted octanol–water partition coefficient (Wildman–Crippen LogP) is 3.88. The molecule has 0 rings (SSSR count). The normalized spacial score (nSPS) is 11.8. The van der Waals surface area contributed by atoms with Crippen LogP contribution in [0.25, 0.3) is 0 Å². The molecule has 0 aliphatic heterocycles. The maximum absolute atomic E-state index is 10.8. The maximum atomic E-state index is 10.8. The van der Waals surface area contributed by atoms with Crippen LogP contribution in [-0.4, -0.2) is 12.6 Å². The lowest BCUT2D eigenvalue weighted by molar-refractivity contribution is -0.141.